The van der Waals surface area contributed by atoms with Gasteiger partial charge in [-0.25, -0.2) is 0 Å². The molecular formula is C15H21N3. The van der Waals surface area contributed by atoms with Gasteiger partial charge < -0.3 is 10.6 Å². The minimum Gasteiger partial charge on any atom is -0.399 e. The zero-order valence-corrected chi connectivity index (χ0v) is 11.2. The topological polar surface area (TPSA) is 53.0 Å². The molecule has 0 saturated heterocycles. The minimum absolute atomic E-state index is 0.205. The van der Waals surface area contributed by atoms with Crippen molar-refractivity contribution < 1.29 is 0 Å². The highest BCUT2D eigenvalue weighted by molar-refractivity contribution is 5.62. The van der Waals surface area contributed by atoms with Gasteiger partial charge in [-0.2, -0.15) is 5.26 Å². The van der Waals surface area contributed by atoms with Crippen molar-refractivity contribution in [3.05, 3.63) is 23.8 Å². The molecule has 0 bridgehead atoms. The quantitative estimate of drug-likeness (QED) is 0.827. The first-order valence-corrected chi connectivity index (χ1v) is 6.56. The van der Waals surface area contributed by atoms with Crippen molar-refractivity contribution in [2.24, 2.45) is 5.41 Å². The smallest absolute Gasteiger partial charge is 0.0683 e. The number of nitriles is 1. The third kappa shape index (κ3) is 2.76. The summed E-state index contributed by atoms with van der Waals surface area (Å²) in [5, 5.41) is 9.00. The average molecular weight is 243 g/mol. The molecule has 2 rings (SSSR count). The summed E-state index contributed by atoms with van der Waals surface area (Å²) in [7, 11) is 0. The van der Waals surface area contributed by atoms with Crippen LogP contribution in [0.25, 0.3) is 0 Å². The SMILES string of the molecule is CC(C)(C#N)CCCN1CCc2cc(N)ccc21. The van der Waals surface area contributed by atoms with Gasteiger partial charge in [-0.3, -0.25) is 0 Å². The third-order valence-electron chi connectivity index (χ3n) is 3.63. The van der Waals surface area contributed by atoms with Crippen molar-refractivity contribution in [2.45, 2.75) is 33.1 Å². The van der Waals surface area contributed by atoms with Crippen molar-refractivity contribution in [1.82, 2.24) is 0 Å². The van der Waals surface area contributed by atoms with E-state index in [4.69, 9.17) is 11.0 Å². The van der Waals surface area contributed by atoms with Gasteiger partial charge in [-0.05, 0) is 56.9 Å². The molecule has 0 radical (unpaired) electrons. The number of hydrogen-bond donors (Lipinski definition) is 1. The highest BCUT2D eigenvalue weighted by Gasteiger charge is 2.21. The van der Waals surface area contributed by atoms with E-state index >= 15 is 0 Å². The molecule has 96 valence electrons. The Morgan fingerprint density at radius 2 is 2.22 bits per heavy atom. The van der Waals surface area contributed by atoms with E-state index in [1.165, 1.54) is 11.3 Å². The van der Waals surface area contributed by atoms with E-state index in [1.807, 2.05) is 19.9 Å². The highest BCUT2D eigenvalue weighted by atomic mass is 15.1. The van der Waals surface area contributed by atoms with Crippen molar-refractivity contribution in [3.8, 4) is 6.07 Å². The molecule has 1 aliphatic heterocycles. The van der Waals surface area contributed by atoms with Crippen LogP contribution in [0.1, 0.15) is 32.3 Å². The Labute approximate surface area is 109 Å². The number of benzene rings is 1. The van der Waals surface area contributed by atoms with E-state index in [1.54, 1.807) is 0 Å². The summed E-state index contributed by atoms with van der Waals surface area (Å²) in [5.41, 5.74) is 9.12. The van der Waals surface area contributed by atoms with Crippen LogP contribution in [-0.4, -0.2) is 13.1 Å². The molecule has 1 heterocycles. The van der Waals surface area contributed by atoms with Gasteiger partial charge in [-0.1, -0.05) is 0 Å². The monoisotopic (exact) mass is 243 g/mol. The molecule has 0 fully saturated rings. The molecule has 0 spiro atoms. The molecule has 2 N–H and O–H groups in total. The van der Waals surface area contributed by atoms with Gasteiger partial charge >= 0.3 is 0 Å². The fraction of sp³-hybridized carbons (Fsp3) is 0.533. The maximum absolute atomic E-state index is 9.00. The first kappa shape index (κ1) is 12.8. The summed E-state index contributed by atoms with van der Waals surface area (Å²) in [6, 6.07) is 8.52. The standard InChI is InChI=1S/C15H21N3/c1-15(2,11-16)7-3-8-18-9-6-12-10-13(17)4-5-14(12)18/h4-5,10H,3,6-9,17H2,1-2H3. The van der Waals surface area contributed by atoms with Crippen LogP contribution in [0, 0.1) is 16.7 Å². The molecule has 3 heteroatoms. The minimum atomic E-state index is -0.205. The largest absolute Gasteiger partial charge is 0.399 e. The van der Waals surface area contributed by atoms with Crippen molar-refractivity contribution >= 4 is 11.4 Å². The van der Waals surface area contributed by atoms with Gasteiger partial charge in [-0.15, -0.1) is 0 Å². The molecule has 1 aromatic carbocycles. The lowest BCUT2D eigenvalue weighted by atomic mass is 9.90. The number of anilines is 2. The summed E-state index contributed by atoms with van der Waals surface area (Å²) < 4.78 is 0. The van der Waals surface area contributed by atoms with Crippen molar-refractivity contribution in [2.75, 3.05) is 23.7 Å². The lowest BCUT2D eigenvalue weighted by molar-refractivity contribution is 0.435. The molecular weight excluding hydrogens is 222 g/mol. The van der Waals surface area contributed by atoms with E-state index < -0.39 is 0 Å². The van der Waals surface area contributed by atoms with Gasteiger partial charge in [0.1, 0.15) is 0 Å². The third-order valence-corrected chi connectivity index (χ3v) is 3.63. The Bertz CT molecular complexity index is 471. The normalized spacial score (nSPS) is 14.4. The van der Waals surface area contributed by atoms with Crippen LogP contribution in [0.4, 0.5) is 11.4 Å². The van der Waals surface area contributed by atoms with Crippen LogP contribution >= 0.6 is 0 Å². The number of hydrogen-bond acceptors (Lipinski definition) is 3. The number of nitrogens with zero attached hydrogens (tertiary/aromatic N) is 2. The number of nitrogens with two attached hydrogens (primary N) is 1. The Balaban J connectivity index is 1.93. The van der Waals surface area contributed by atoms with Gasteiger partial charge in [0, 0.05) is 24.5 Å². The van der Waals surface area contributed by atoms with Crippen molar-refractivity contribution in [3.63, 3.8) is 0 Å². The maximum Gasteiger partial charge on any atom is 0.0683 e. The van der Waals surface area contributed by atoms with Crippen molar-refractivity contribution in [1.29, 1.82) is 5.26 Å². The molecule has 0 aromatic heterocycles. The Morgan fingerprint density at radius 1 is 1.44 bits per heavy atom. The van der Waals surface area contributed by atoms with E-state index in [2.05, 4.69) is 23.1 Å². The zero-order valence-electron chi connectivity index (χ0n) is 11.2. The fourth-order valence-corrected chi connectivity index (χ4v) is 2.49. The van der Waals surface area contributed by atoms with E-state index in [9.17, 15) is 0 Å². The predicted octanol–water partition coefficient (Wildman–Crippen LogP) is 2.96. The van der Waals surface area contributed by atoms with E-state index in [0.717, 1.165) is 38.0 Å². The van der Waals surface area contributed by atoms with Gasteiger partial charge in [0.05, 0.1) is 11.5 Å². The lowest BCUT2D eigenvalue weighted by Crippen LogP contribution is -2.23. The Hall–Kier alpha value is -1.69. The molecule has 0 amide bonds. The second-order valence-corrected chi connectivity index (χ2v) is 5.72. The molecule has 0 unspecified atom stereocenters. The van der Waals surface area contributed by atoms with E-state index in [0.29, 0.717) is 0 Å². The predicted molar refractivity (Wildman–Crippen MR) is 75.4 cm³/mol. The molecule has 0 saturated carbocycles. The molecule has 1 aromatic rings. The molecule has 0 aliphatic carbocycles. The molecule has 0 atom stereocenters. The number of nitrogen functional groups attached to an aromatic ring is 1. The Morgan fingerprint density at radius 3 is 2.94 bits per heavy atom. The summed E-state index contributed by atoms with van der Waals surface area (Å²) in [5.74, 6) is 0. The van der Waals surface area contributed by atoms with Crippen LogP contribution in [0.15, 0.2) is 18.2 Å². The summed E-state index contributed by atoms with van der Waals surface area (Å²) in [6.07, 6.45) is 3.09. The molecule has 1 aliphatic rings. The van der Waals surface area contributed by atoms with Gasteiger partial charge in [0.15, 0.2) is 0 Å². The van der Waals surface area contributed by atoms with Crippen LogP contribution < -0.4 is 10.6 Å². The molecule has 3 nitrogen and oxygen atoms in total. The highest BCUT2D eigenvalue weighted by Crippen LogP contribution is 2.30. The lowest BCUT2D eigenvalue weighted by Gasteiger charge is -2.22. The number of rotatable bonds is 4. The summed E-state index contributed by atoms with van der Waals surface area (Å²) in [6.45, 7) is 6.12. The Kier molecular flexibility index (Phi) is 3.47. The summed E-state index contributed by atoms with van der Waals surface area (Å²) in [4.78, 5) is 2.40. The van der Waals surface area contributed by atoms with Crippen LogP contribution in [0.3, 0.4) is 0 Å². The number of fused-ring (bicyclic) bond motifs is 1. The summed E-state index contributed by atoms with van der Waals surface area (Å²) >= 11 is 0. The zero-order chi connectivity index (χ0) is 13.2. The second-order valence-electron chi connectivity index (χ2n) is 5.72. The molecule has 18 heavy (non-hydrogen) atoms. The van der Waals surface area contributed by atoms with Gasteiger partial charge in [0.2, 0.25) is 0 Å². The first-order chi connectivity index (χ1) is 8.52. The maximum atomic E-state index is 9.00. The van der Waals surface area contributed by atoms with Crippen LogP contribution in [-0.2, 0) is 6.42 Å². The second kappa shape index (κ2) is 4.89. The van der Waals surface area contributed by atoms with Crippen LogP contribution in [0.5, 0.6) is 0 Å². The van der Waals surface area contributed by atoms with Gasteiger partial charge in [0.25, 0.3) is 0 Å². The van der Waals surface area contributed by atoms with Crippen LogP contribution in [0.2, 0.25) is 0 Å². The van der Waals surface area contributed by atoms with E-state index in [-0.39, 0.29) is 5.41 Å². The first-order valence-electron chi connectivity index (χ1n) is 6.56. The fourth-order valence-electron chi connectivity index (χ4n) is 2.49. The average Bonchev–Trinajstić information content (AvgIpc) is 2.71.